The first-order valence-electron chi connectivity index (χ1n) is 8.10. The van der Waals surface area contributed by atoms with E-state index < -0.39 is 14.6 Å². The minimum absolute atomic E-state index is 0.0585. The van der Waals surface area contributed by atoms with Gasteiger partial charge in [0.25, 0.3) is 0 Å². The number of hydrogen-bond acceptors (Lipinski definition) is 9. The number of hydrogen-bond donors (Lipinski definition) is 3. The van der Waals surface area contributed by atoms with E-state index in [1.807, 2.05) is 6.07 Å². The van der Waals surface area contributed by atoms with Crippen LogP contribution >= 0.6 is 8.60 Å². The first-order valence-corrected chi connectivity index (χ1v) is 9.23. The molecule has 1 fully saturated rings. The summed E-state index contributed by atoms with van der Waals surface area (Å²) in [6, 6.07) is 7.03. The van der Waals surface area contributed by atoms with Crippen molar-refractivity contribution in [1.29, 1.82) is 5.26 Å². The number of anilines is 2. The average molecular weight is 382 g/mol. The molecule has 10 heteroatoms. The number of nitrogen functional groups attached to an aromatic ring is 1. The summed E-state index contributed by atoms with van der Waals surface area (Å²) in [5.41, 5.74) is 7.18. The Morgan fingerprint density at radius 2 is 2.19 bits per heavy atom. The van der Waals surface area contributed by atoms with Gasteiger partial charge < -0.3 is 29.4 Å². The highest BCUT2D eigenvalue weighted by molar-refractivity contribution is 7.40. The zero-order valence-electron chi connectivity index (χ0n) is 14.5. The molecule has 5 N–H and O–H groups in total. The first-order chi connectivity index (χ1) is 12.5. The van der Waals surface area contributed by atoms with Crippen LogP contribution in [0.25, 0.3) is 0 Å². The summed E-state index contributed by atoms with van der Waals surface area (Å²) in [5, 5.41) is 9.96. The predicted octanol–water partition coefficient (Wildman–Crippen LogP) is 1.68. The van der Waals surface area contributed by atoms with Crippen LogP contribution in [0.4, 0.5) is 11.4 Å². The maximum absolute atomic E-state index is 11.7. The fourth-order valence-corrected chi connectivity index (χ4v) is 3.36. The molecule has 0 amide bonds. The summed E-state index contributed by atoms with van der Waals surface area (Å²) >= 11 is 0. The van der Waals surface area contributed by atoms with Gasteiger partial charge in [-0.05, 0) is 30.9 Å². The van der Waals surface area contributed by atoms with Crippen LogP contribution in [0.15, 0.2) is 18.2 Å². The van der Waals surface area contributed by atoms with Crippen LogP contribution in [-0.4, -0.2) is 37.2 Å². The molecular weight excluding hydrogens is 359 g/mol. The first kappa shape index (κ1) is 20.4. The van der Waals surface area contributed by atoms with Crippen molar-refractivity contribution in [2.75, 3.05) is 31.1 Å². The number of rotatable bonds is 9. The van der Waals surface area contributed by atoms with Crippen LogP contribution in [-0.2, 0) is 13.8 Å². The van der Waals surface area contributed by atoms with Gasteiger partial charge in [0.1, 0.15) is 0 Å². The highest BCUT2D eigenvalue weighted by Gasteiger charge is 2.34. The van der Waals surface area contributed by atoms with Crippen LogP contribution in [0.5, 0.6) is 0 Å². The van der Waals surface area contributed by atoms with Gasteiger partial charge in [-0.1, -0.05) is 6.07 Å². The Bertz CT molecular complexity index is 663. The van der Waals surface area contributed by atoms with Gasteiger partial charge in [-0.3, -0.25) is 0 Å². The third kappa shape index (κ3) is 5.04. The molecule has 26 heavy (non-hydrogen) atoms. The van der Waals surface area contributed by atoms with Gasteiger partial charge in [-0.25, -0.2) is 10.6 Å². The second kappa shape index (κ2) is 9.67. The highest BCUT2D eigenvalue weighted by atomic mass is 31.2. The zero-order valence-corrected chi connectivity index (χ0v) is 15.4. The number of para-hydroxylation sites is 1. The lowest BCUT2D eigenvalue weighted by Crippen LogP contribution is -2.50. The Kier molecular flexibility index (Phi) is 7.57. The van der Waals surface area contributed by atoms with Crippen molar-refractivity contribution in [3.8, 4) is 6.07 Å². The molecule has 9 nitrogen and oxygen atoms in total. The van der Waals surface area contributed by atoms with E-state index in [0.717, 1.165) is 12.8 Å². The molecule has 1 aromatic rings. The second-order valence-electron chi connectivity index (χ2n) is 5.90. The number of benzene rings is 1. The van der Waals surface area contributed by atoms with E-state index in [1.54, 1.807) is 23.2 Å². The number of nitriles is 1. The normalized spacial score (nSPS) is 19.9. The maximum atomic E-state index is 11.7. The Balaban J connectivity index is 1.82. The summed E-state index contributed by atoms with van der Waals surface area (Å²) in [7, 11) is -0.659. The Morgan fingerprint density at radius 1 is 1.46 bits per heavy atom. The second-order valence-corrected chi connectivity index (χ2v) is 6.90. The number of carbonyl (C=O) groups excluding carboxylic acids is 1. The van der Waals surface area contributed by atoms with E-state index in [-0.39, 0.29) is 36.2 Å². The van der Waals surface area contributed by atoms with Gasteiger partial charge in [-0.15, -0.1) is 0 Å². The Labute approximate surface area is 153 Å². The van der Waals surface area contributed by atoms with Crippen LogP contribution in [0.2, 0.25) is 0 Å². The van der Waals surface area contributed by atoms with E-state index in [0.29, 0.717) is 12.3 Å². The molecule has 1 aliphatic carbocycles. The number of nitrogens with two attached hydrogens (primary N) is 2. The topological polar surface area (TPSA) is 144 Å². The molecule has 0 aliphatic heterocycles. The fourth-order valence-electron chi connectivity index (χ4n) is 2.70. The standard InChI is InChI=1S/C16H23N4O5P/c1-23-16(21)13-4-2-5-14(15(13)18)20(19)12-8-11(9-12)10-25-26(22)24-7-3-6-17/h2,4-5,11-12,22H,3,7-10,18-19H2,1H3. The largest absolute Gasteiger partial charge is 0.465 e. The van der Waals surface area contributed by atoms with Gasteiger partial charge in [0, 0.05) is 6.04 Å². The maximum Gasteiger partial charge on any atom is 0.340 e. The van der Waals surface area contributed by atoms with Gasteiger partial charge in [0.2, 0.25) is 0 Å². The third-order valence-electron chi connectivity index (χ3n) is 4.21. The lowest BCUT2D eigenvalue weighted by Gasteiger charge is -2.42. The van der Waals surface area contributed by atoms with Crippen molar-refractivity contribution >= 4 is 25.9 Å². The zero-order chi connectivity index (χ0) is 19.1. The van der Waals surface area contributed by atoms with Crippen molar-refractivity contribution < 1.29 is 23.5 Å². The number of nitrogens with zero attached hydrogens (tertiary/aromatic N) is 2. The fraction of sp³-hybridized carbons (Fsp3) is 0.500. The summed E-state index contributed by atoms with van der Waals surface area (Å²) in [6.07, 6.45) is 1.74. The van der Waals surface area contributed by atoms with E-state index in [2.05, 4.69) is 0 Å². The summed E-state index contributed by atoms with van der Waals surface area (Å²) in [4.78, 5) is 21.3. The van der Waals surface area contributed by atoms with Crippen molar-refractivity contribution in [1.82, 2.24) is 0 Å². The number of esters is 1. The number of methoxy groups -OCH3 is 1. The van der Waals surface area contributed by atoms with E-state index in [4.69, 9.17) is 30.6 Å². The average Bonchev–Trinajstić information content (AvgIpc) is 2.60. The van der Waals surface area contributed by atoms with Gasteiger partial charge in [0.05, 0.1) is 49.8 Å². The molecule has 1 unspecified atom stereocenters. The minimum atomic E-state index is -1.96. The smallest absolute Gasteiger partial charge is 0.340 e. The molecule has 1 atom stereocenters. The number of ether oxygens (including phenoxy) is 1. The number of carbonyl (C=O) groups is 1. The van der Waals surface area contributed by atoms with Crippen LogP contribution in [0.3, 0.4) is 0 Å². The molecule has 1 aliphatic rings. The molecule has 1 aromatic carbocycles. The lowest BCUT2D eigenvalue weighted by molar-refractivity contribution is 0.0602. The monoisotopic (exact) mass is 382 g/mol. The number of hydrazine groups is 1. The highest BCUT2D eigenvalue weighted by Crippen LogP contribution is 2.39. The molecule has 0 spiro atoms. The SMILES string of the molecule is COC(=O)c1cccc(N(N)C2CC(COP(O)OCCC#N)C2)c1N. The van der Waals surface area contributed by atoms with Crippen LogP contribution in [0.1, 0.15) is 29.6 Å². The molecule has 142 valence electrons. The molecular formula is C16H23N4O5P. The van der Waals surface area contributed by atoms with E-state index >= 15 is 0 Å². The molecule has 0 radical (unpaired) electrons. The van der Waals surface area contributed by atoms with Gasteiger partial charge in [-0.2, -0.15) is 5.26 Å². The van der Waals surface area contributed by atoms with Crippen molar-refractivity contribution in [2.45, 2.75) is 25.3 Å². The quantitative estimate of drug-likeness (QED) is 0.145. The lowest BCUT2D eigenvalue weighted by atomic mass is 9.80. The molecule has 0 saturated heterocycles. The van der Waals surface area contributed by atoms with Crippen molar-refractivity contribution in [2.24, 2.45) is 11.8 Å². The molecule has 0 aromatic heterocycles. The molecule has 1 saturated carbocycles. The minimum Gasteiger partial charge on any atom is -0.465 e. The van der Waals surface area contributed by atoms with Gasteiger partial charge >= 0.3 is 14.6 Å². The predicted molar refractivity (Wildman–Crippen MR) is 96.6 cm³/mol. The molecule has 0 bridgehead atoms. The Morgan fingerprint density at radius 3 is 2.85 bits per heavy atom. The Hall–Kier alpha value is -1.95. The molecule has 0 heterocycles. The third-order valence-corrected chi connectivity index (χ3v) is 4.98. The van der Waals surface area contributed by atoms with Crippen LogP contribution < -0.4 is 16.6 Å². The van der Waals surface area contributed by atoms with Gasteiger partial charge in [0.15, 0.2) is 0 Å². The summed E-state index contributed by atoms with van der Waals surface area (Å²) in [5.74, 6) is 5.90. The van der Waals surface area contributed by atoms with Crippen molar-refractivity contribution in [3.63, 3.8) is 0 Å². The van der Waals surface area contributed by atoms with E-state index in [9.17, 15) is 9.69 Å². The van der Waals surface area contributed by atoms with Crippen molar-refractivity contribution in [3.05, 3.63) is 23.8 Å². The molecule has 2 rings (SSSR count). The van der Waals surface area contributed by atoms with E-state index in [1.165, 1.54) is 7.11 Å². The summed E-state index contributed by atoms with van der Waals surface area (Å²) < 4.78 is 15.0. The van der Waals surface area contributed by atoms with Crippen LogP contribution in [0, 0.1) is 17.2 Å². The summed E-state index contributed by atoms with van der Waals surface area (Å²) in [6.45, 7) is 0.509.